The fourth-order valence-corrected chi connectivity index (χ4v) is 3.23. The molecule has 1 aromatic heterocycles. The van der Waals surface area contributed by atoms with Crippen molar-refractivity contribution >= 4 is 33.4 Å². The van der Waals surface area contributed by atoms with E-state index >= 15 is 0 Å². The van der Waals surface area contributed by atoms with Crippen LogP contribution < -0.4 is 10.6 Å². The zero-order valence-electron chi connectivity index (χ0n) is 13.3. The molecule has 0 bridgehead atoms. The number of nitrogens with one attached hydrogen (secondary N) is 2. The monoisotopic (exact) mass is 375 g/mol. The van der Waals surface area contributed by atoms with Crippen LogP contribution in [0.15, 0.2) is 41.0 Å². The Morgan fingerprint density at radius 2 is 2.13 bits per heavy atom. The summed E-state index contributed by atoms with van der Waals surface area (Å²) in [5.74, 6) is 1.43. The fourth-order valence-electron chi connectivity index (χ4n) is 2.90. The van der Waals surface area contributed by atoms with Gasteiger partial charge in [-0.25, -0.2) is 4.98 Å². The highest BCUT2D eigenvalue weighted by Gasteiger charge is 2.20. The third-order valence-corrected chi connectivity index (χ3v) is 4.80. The zero-order chi connectivity index (χ0) is 16.1. The Labute approximate surface area is 145 Å². The number of nitrogens with zero attached hydrogens (tertiary/aromatic N) is 3. The van der Waals surface area contributed by atoms with Crippen molar-refractivity contribution in [1.82, 2.24) is 14.9 Å². The zero-order valence-corrected chi connectivity index (χ0v) is 14.9. The molecule has 2 aromatic rings. The number of aromatic nitrogens is 2. The van der Waals surface area contributed by atoms with Crippen LogP contribution in [0, 0.1) is 0 Å². The van der Waals surface area contributed by atoms with Gasteiger partial charge in [0.25, 0.3) is 0 Å². The molecule has 1 saturated heterocycles. The minimum atomic E-state index is 0.597. The van der Waals surface area contributed by atoms with Crippen molar-refractivity contribution in [3.63, 3.8) is 0 Å². The first-order valence-electron chi connectivity index (χ1n) is 8.01. The van der Waals surface area contributed by atoms with Crippen LogP contribution in [0.2, 0.25) is 0 Å². The van der Waals surface area contributed by atoms with Crippen molar-refractivity contribution in [2.24, 2.45) is 0 Å². The molecule has 1 aliphatic rings. The van der Waals surface area contributed by atoms with E-state index in [1.165, 1.54) is 19.4 Å². The second-order valence-electron chi connectivity index (χ2n) is 5.87. The van der Waals surface area contributed by atoms with Gasteiger partial charge in [-0.3, -0.25) is 0 Å². The van der Waals surface area contributed by atoms with E-state index in [4.69, 9.17) is 0 Å². The average Bonchev–Trinajstić information content (AvgIpc) is 2.97. The van der Waals surface area contributed by atoms with Crippen molar-refractivity contribution in [3.8, 4) is 0 Å². The van der Waals surface area contributed by atoms with Gasteiger partial charge in [0.2, 0.25) is 5.95 Å². The van der Waals surface area contributed by atoms with Crippen LogP contribution in [0.1, 0.15) is 19.3 Å². The molecule has 122 valence electrons. The average molecular weight is 376 g/mol. The Kier molecular flexibility index (Phi) is 5.46. The van der Waals surface area contributed by atoms with Crippen molar-refractivity contribution in [2.45, 2.75) is 25.3 Å². The van der Waals surface area contributed by atoms with Crippen molar-refractivity contribution in [1.29, 1.82) is 0 Å². The molecule has 1 aromatic carbocycles. The summed E-state index contributed by atoms with van der Waals surface area (Å²) >= 11 is 3.52. The Morgan fingerprint density at radius 3 is 2.87 bits per heavy atom. The van der Waals surface area contributed by atoms with Gasteiger partial charge in [-0.15, -0.1) is 0 Å². The van der Waals surface area contributed by atoms with Gasteiger partial charge in [0.05, 0.1) is 4.47 Å². The SMILES string of the molecule is CN1CCCC1CCNc1nc(Nc2ccccc2)ncc1Br. The lowest BCUT2D eigenvalue weighted by Crippen LogP contribution is -2.27. The number of hydrogen-bond acceptors (Lipinski definition) is 5. The van der Waals surface area contributed by atoms with Crippen LogP contribution in [0.25, 0.3) is 0 Å². The highest BCUT2D eigenvalue weighted by molar-refractivity contribution is 9.10. The molecular weight excluding hydrogens is 354 g/mol. The van der Waals surface area contributed by atoms with E-state index in [2.05, 4.69) is 48.5 Å². The highest BCUT2D eigenvalue weighted by atomic mass is 79.9. The van der Waals surface area contributed by atoms with Crippen molar-refractivity contribution in [3.05, 3.63) is 41.0 Å². The first kappa shape index (κ1) is 16.2. The Balaban J connectivity index is 1.59. The van der Waals surface area contributed by atoms with Gasteiger partial charge in [0.1, 0.15) is 5.82 Å². The molecule has 3 rings (SSSR count). The predicted octanol–water partition coefficient (Wildman–Crippen LogP) is 3.88. The third-order valence-electron chi connectivity index (χ3n) is 4.22. The maximum absolute atomic E-state index is 4.56. The number of anilines is 3. The topological polar surface area (TPSA) is 53.1 Å². The Bertz CT molecular complexity index is 634. The molecule has 0 radical (unpaired) electrons. The summed E-state index contributed by atoms with van der Waals surface area (Å²) in [5.41, 5.74) is 0.980. The maximum Gasteiger partial charge on any atom is 0.229 e. The third kappa shape index (κ3) is 4.42. The molecule has 2 heterocycles. The van der Waals surface area contributed by atoms with Gasteiger partial charge in [0.15, 0.2) is 0 Å². The summed E-state index contributed by atoms with van der Waals surface area (Å²) in [7, 11) is 2.21. The summed E-state index contributed by atoms with van der Waals surface area (Å²) in [6, 6.07) is 10.6. The van der Waals surface area contributed by atoms with E-state index in [1.54, 1.807) is 6.20 Å². The van der Waals surface area contributed by atoms with Gasteiger partial charge >= 0.3 is 0 Å². The standard InChI is InChI=1S/C17H22BrN5/c1-23-11-5-8-14(23)9-10-19-16-15(18)12-20-17(22-16)21-13-6-3-2-4-7-13/h2-4,6-7,12,14H,5,8-11H2,1H3,(H2,19,20,21,22). The second kappa shape index (κ2) is 7.75. The molecule has 0 spiro atoms. The minimum absolute atomic E-state index is 0.597. The highest BCUT2D eigenvalue weighted by Crippen LogP contribution is 2.23. The quantitative estimate of drug-likeness (QED) is 0.802. The molecule has 1 atom stereocenters. The number of halogens is 1. The number of para-hydroxylation sites is 1. The van der Waals surface area contributed by atoms with E-state index in [9.17, 15) is 0 Å². The van der Waals surface area contributed by atoms with Crippen LogP contribution >= 0.6 is 15.9 Å². The predicted molar refractivity (Wildman–Crippen MR) is 98.2 cm³/mol. The van der Waals surface area contributed by atoms with Crippen LogP contribution in [0.5, 0.6) is 0 Å². The molecule has 0 saturated carbocycles. The molecule has 1 unspecified atom stereocenters. The summed E-state index contributed by atoms with van der Waals surface area (Å²) in [5, 5.41) is 6.64. The van der Waals surface area contributed by atoms with Gasteiger partial charge in [-0.05, 0) is 60.9 Å². The molecule has 23 heavy (non-hydrogen) atoms. The molecule has 0 amide bonds. The summed E-state index contributed by atoms with van der Waals surface area (Å²) in [6.45, 7) is 2.13. The number of benzene rings is 1. The van der Waals surface area contributed by atoms with Crippen molar-refractivity contribution < 1.29 is 0 Å². The summed E-state index contributed by atoms with van der Waals surface area (Å²) < 4.78 is 0.885. The lowest BCUT2D eigenvalue weighted by molar-refractivity contribution is 0.301. The van der Waals surface area contributed by atoms with Crippen LogP contribution in [-0.2, 0) is 0 Å². The molecular formula is C17H22BrN5. The van der Waals surface area contributed by atoms with Gasteiger partial charge in [-0.1, -0.05) is 18.2 Å². The van der Waals surface area contributed by atoms with Crippen LogP contribution in [0.4, 0.5) is 17.5 Å². The molecule has 0 aliphatic carbocycles. The lowest BCUT2D eigenvalue weighted by atomic mass is 10.1. The largest absolute Gasteiger partial charge is 0.369 e. The van der Waals surface area contributed by atoms with E-state index in [1.807, 2.05) is 30.3 Å². The molecule has 1 aliphatic heterocycles. The maximum atomic E-state index is 4.56. The van der Waals surface area contributed by atoms with E-state index in [0.29, 0.717) is 12.0 Å². The number of likely N-dealkylation sites (tertiary alicyclic amines) is 1. The lowest BCUT2D eigenvalue weighted by Gasteiger charge is -2.19. The minimum Gasteiger partial charge on any atom is -0.369 e. The van der Waals surface area contributed by atoms with Gasteiger partial charge in [-0.2, -0.15) is 4.98 Å². The summed E-state index contributed by atoms with van der Waals surface area (Å²) in [4.78, 5) is 11.3. The molecule has 1 fully saturated rings. The van der Waals surface area contributed by atoms with Gasteiger partial charge < -0.3 is 15.5 Å². The fraction of sp³-hybridized carbons (Fsp3) is 0.412. The Morgan fingerprint density at radius 1 is 1.30 bits per heavy atom. The molecule has 2 N–H and O–H groups in total. The Hall–Kier alpha value is -1.66. The first-order valence-corrected chi connectivity index (χ1v) is 8.80. The number of hydrogen-bond donors (Lipinski definition) is 2. The van der Waals surface area contributed by atoms with Gasteiger partial charge in [0, 0.05) is 24.5 Å². The summed E-state index contributed by atoms with van der Waals surface area (Å²) in [6.07, 6.45) is 5.52. The van der Waals surface area contributed by atoms with Crippen LogP contribution in [0.3, 0.4) is 0 Å². The normalized spacial score (nSPS) is 18.1. The molecule has 5 nitrogen and oxygen atoms in total. The molecule has 6 heteroatoms. The number of rotatable bonds is 6. The van der Waals surface area contributed by atoms with E-state index < -0.39 is 0 Å². The van der Waals surface area contributed by atoms with Crippen molar-refractivity contribution in [2.75, 3.05) is 30.8 Å². The van der Waals surface area contributed by atoms with Crippen LogP contribution in [-0.4, -0.2) is 41.0 Å². The van der Waals surface area contributed by atoms with E-state index in [0.717, 1.165) is 28.9 Å². The second-order valence-corrected chi connectivity index (χ2v) is 6.73. The smallest absolute Gasteiger partial charge is 0.229 e. The first-order chi connectivity index (χ1) is 11.2. The van der Waals surface area contributed by atoms with E-state index in [-0.39, 0.29) is 0 Å².